The largest absolute Gasteiger partial charge is 0.452 e. The first-order chi connectivity index (χ1) is 27.7. The summed E-state index contributed by atoms with van der Waals surface area (Å²) in [6.07, 6.45) is 0. The highest BCUT2D eigenvalue weighted by molar-refractivity contribution is 7.25. The molecule has 0 atom stereocenters. The Morgan fingerprint density at radius 1 is 0.339 bits per heavy atom. The van der Waals surface area contributed by atoms with E-state index in [4.69, 9.17) is 29.3 Å². The quantitative estimate of drug-likeness (QED) is 0.169. The Balaban J connectivity index is 1.01. The van der Waals surface area contributed by atoms with Crippen LogP contribution in [-0.4, -0.2) is 24.9 Å². The van der Waals surface area contributed by atoms with Crippen LogP contribution in [-0.2, 0) is 0 Å². The topological polar surface area (TPSA) is 77.6 Å². The fourth-order valence-electron chi connectivity index (χ4n) is 7.36. The minimum atomic E-state index is 0.626. The average Bonchev–Trinajstić information content (AvgIpc) is 3.84. The Labute approximate surface area is 325 Å². The third kappa shape index (κ3) is 5.61. The molecule has 0 aliphatic carbocycles. The van der Waals surface area contributed by atoms with Crippen LogP contribution in [0.15, 0.2) is 180 Å². The molecular formula is C49H29N5OS. The summed E-state index contributed by atoms with van der Waals surface area (Å²) in [6.45, 7) is 0. The molecule has 4 heterocycles. The molecule has 4 aromatic heterocycles. The minimum Gasteiger partial charge on any atom is -0.452 e. The second-order valence-electron chi connectivity index (χ2n) is 13.7. The van der Waals surface area contributed by atoms with Crippen molar-refractivity contribution in [1.29, 1.82) is 0 Å². The van der Waals surface area contributed by atoms with Crippen molar-refractivity contribution in [2.24, 2.45) is 0 Å². The van der Waals surface area contributed by atoms with E-state index in [2.05, 4.69) is 103 Å². The minimum absolute atomic E-state index is 0.626. The van der Waals surface area contributed by atoms with Crippen molar-refractivity contribution in [2.75, 3.05) is 0 Å². The lowest BCUT2D eigenvalue weighted by Gasteiger charge is -2.09. The van der Waals surface area contributed by atoms with Crippen molar-refractivity contribution in [1.82, 2.24) is 24.9 Å². The van der Waals surface area contributed by atoms with Crippen molar-refractivity contribution in [3.8, 4) is 67.9 Å². The molecule has 0 N–H and O–H groups in total. The Hall–Kier alpha value is -7.35. The van der Waals surface area contributed by atoms with Gasteiger partial charge in [0.15, 0.2) is 28.9 Å². The summed E-state index contributed by atoms with van der Waals surface area (Å²) in [5.41, 5.74) is 10.1. The maximum atomic E-state index is 6.34. The van der Waals surface area contributed by atoms with Crippen LogP contribution in [0.3, 0.4) is 0 Å². The second kappa shape index (κ2) is 13.2. The summed E-state index contributed by atoms with van der Waals surface area (Å²) >= 11 is 1.76. The number of furan rings is 1. The number of para-hydroxylation sites is 1. The number of hydrogen-bond donors (Lipinski definition) is 0. The van der Waals surface area contributed by atoms with E-state index in [-0.39, 0.29) is 0 Å². The molecule has 0 radical (unpaired) electrons. The van der Waals surface area contributed by atoms with Crippen LogP contribution in [0.2, 0.25) is 0 Å². The highest BCUT2D eigenvalue weighted by atomic mass is 32.1. The van der Waals surface area contributed by atoms with Crippen molar-refractivity contribution in [3.63, 3.8) is 0 Å². The van der Waals surface area contributed by atoms with E-state index in [0.717, 1.165) is 71.0 Å². The zero-order chi connectivity index (χ0) is 37.0. The van der Waals surface area contributed by atoms with Gasteiger partial charge in [-0.2, -0.15) is 0 Å². The SMILES string of the molecule is c1ccc(-c2ccc(-c3nc(-c4ccccc4)nc(-c4ccc5sc6cc(-c7nc(-c8ccccc8)c8oc9ccccc9c8n7)ccc6c5c4)n3)cc2)cc1. The lowest BCUT2D eigenvalue weighted by Crippen LogP contribution is -2.00. The maximum absolute atomic E-state index is 6.34. The molecule has 0 fully saturated rings. The summed E-state index contributed by atoms with van der Waals surface area (Å²) in [6, 6.07) is 60.1. The summed E-state index contributed by atoms with van der Waals surface area (Å²) in [4.78, 5) is 25.3. The monoisotopic (exact) mass is 735 g/mol. The summed E-state index contributed by atoms with van der Waals surface area (Å²) < 4.78 is 8.66. The number of fused-ring (bicyclic) bond motifs is 6. The van der Waals surface area contributed by atoms with Gasteiger partial charge in [-0.25, -0.2) is 24.9 Å². The fraction of sp³-hybridized carbons (Fsp3) is 0. The van der Waals surface area contributed by atoms with E-state index in [9.17, 15) is 0 Å². The van der Waals surface area contributed by atoms with E-state index in [1.165, 1.54) is 10.3 Å². The smallest absolute Gasteiger partial charge is 0.180 e. The van der Waals surface area contributed by atoms with Crippen LogP contribution in [0.4, 0.5) is 0 Å². The predicted molar refractivity (Wildman–Crippen MR) is 228 cm³/mol. The molecule has 0 aliphatic rings. The zero-order valence-corrected chi connectivity index (χ0v) is 30.6. The summed E-state index contributed by atoms with van der Waals surface area (Å²) in [7, 11) is 0. The highest BCUT2D eigenvalue weighted by Crippen LogP contribution is 2.40. The Morgan fingerprint density at radius 2 is 0.857 bits per heavy atom. The van der Waals surface area contributed by atoms with Gasteiger partial charge in [0.2, 0.25) is 0 Å². The van der Waals surface area contributed by atoms with E-state index in [1.807, 2.05) is 72.8 Å². The van der Waals surface area contributed by atoms with Gasteiger partial charge in [0.1, 0.15) is 16.8 Å². The van der Waals surface area contributed by atoms with E-state index in [0.29, 0.717) is 28.9 Å². The molecule has 11 aromatic rings. The van der Waals surface area contributed by atoms with Gasteiger partial charge in [0.25, 0.3) is 0 Å². The molecule has 262 valence electrons. The summed E-state index contributed by atoms with van der Waals surface area (Å²) in [5.74, 6) is 2.55. The maximum Gasteiger partial charge on any atom is 0.180 e. The second-order valence-corrected chi connectivity index (χ2v) is 14.8. The number of rotatable bonds is 6. The predicted octanol–water partition coefficient (Wildman–Crippen LogP) is 12.9. The van der Waals surface area contributed by atoms with Crippen LogP contribution in [0, 0.1) is 0 Å². The van der Waals surface area contributed by atoms with Crippen LogP contribution in [0.25, 0.3) is 110 Å². The zero-order valence-electron chi connectivity index (χ0n) is 29.8. The number of hydrogen-bond acceptors (Lipinski definition) is 7. The van der Waals surface area contributed by atoms with Gasteiger partial charge in [0, 0.05) is 53.4 Å². The third-order valence-corrected chi connectivity index (χ3v) is 11.3. The van der Waals surface area contributed by atoms with Crippen LogP contribution >= 0.6 is 11.3 Å². The standard InChI is InChI=1S/C49H29N5OS/c1-4-12-30(13-5-1)31-20-22-34(23-21-31)47-52-46(33-16-8-3-9-17-33)53-49(54-47)35-25-27-41-39(28-35)37-26-24-36(29-42(37)56-41)48-50-43(32-14-6-2-7-15-32)45-44(51-48)38-18-10-11-19-40(38)55-45/h1-29H. The average molecular weight is 736 g/mol. The van der Waals surface area contributed by atoms with Crippen LogP contribution in [0.1, 0.15) is 0 Å². The Kier molecular flexibility index (Phi) is 7.57. The van der Waals surface area contributed by atoms with Crippen LogP contribution < -0.4 is 0 Å². The molecule has 0 spiro atoms. The lowest BCUT2D eigenvalue weighted by atomic mass is 10.0. The highest BCUT2D eigenvalue weighted by Gasteiger charge is 2.19. The molecule has 0 unspecified atom stereocenters. The van der Waals surface area contributed by atoms with Gasteiger partial charge in [-0.05, 0) is 47.5 Å². The van der Waals surface area contributed by atoms with Gasteiger partial charge in [-0.15, -0.1) is 11.3 Å². The molecule has 0 amide bonds. The molecular weight excluding hydrogens is 707 g/mol. The van der Waals surface area contributed by atoms with E-state index < -0.39 is 0 Å². The van der Waals surface area contributed by atoms with Gasteiger partial charge in [-0.1, -0.05) is 140 Å². The molecule has 0 bridgehead atoms. The third-order valence-electron chi connectivity index (χ3n) is 10.2. The lowest BCUT2D eigenvalue weighted by molar-refractivity contribution is 0.667. The summed E-state index contributed by atoms with van der Waals surface area (Å²) in [5, 5.41) is 3.27. The van der Waals surface area contributed by atoms with Gasteiger partial charge in [-0.3, -0.25) is 0 Å². The molecule has 6 nitrogen and oxygen atoms in total. The first kappa shape index (κ1) is 32.1. The molecule has 0 saturated heterocycles. The molecule has 0 saturated carbocycles. The Morgan fingerprint density at radius 3 is 1.59 bits per heavy atom. The number of benzene rings is 7. The first-order valence-electron chi connectivity index (χ1n) is 18.4. The molecule has 7 aromatic carbocycles. The molecule has 11 rings (SSSR count). The molecule has 7 heteroatoms. The first-order valence-corrected chi connectivity index (χ1v) is 19.2. The van der Waals surface area contributed by atoms with Crippen molar-refractivity contribution in [2.45, 2.75) is 0 Å². The van der Waals surface area contributed by atoms with Crippen molar-refractivity contribution < 1.29 is 4.42 Å². The van der Waals surface area contributed by atoms with E-state index in [1.54, 1.807) is 11.3 Å². The van der Waals surface area contributed by atoms with Gasteiger partial charge < -0.3 is 4.42 Å². The van der Waals surface area contributed by atoms with Crippen molar-refractivity contribution in [3.05, 3.63) is 176 Å². The molecule has 56 heavy (non-hydrogen) atoms. The molecule has 0 aliphatic heterocycles. The van der Waals surface area contributed by atoms with E-state index >= 15 is 0 Å². The van der Waals surface area contributed by atoms with Gasteiger partial charge in [0.05, 0.1) is 0 Å². The number of aromatic nitrogens is 5. The van der Waals surface area contributed by atoms with Gasteiger partial charge >= 0.3 is 0 Å². The normalized spacial score (nSPS) is 11.6. The number of thiophene rings is 1. The van der Waals surface area contributed by atoms with Crippen LogP contribution in [0.5, 0.6) is 0 Å². The number of nitrogens with zero attached hydrogens (tertiary/aromatic N) is 5. The fourth-order valence-corrected chi connectivity index (χ4v) is 8.49. The Bertz CT molecular complexity index is 3230. The van der Waals surface area contributed by atoms with Crippen molar-refractivity contribution >= 4 is 53.6 Å².